The first-order valence-electron chi connectivity index (χ1n) is 11.5. The van der Waals surface area contributed by atoms with Crippen LogP contribution in [0.3, 0.4) is 0 Å². The van der Waals surface area contributed by atoms with Crippen LogP contribution in [-0.4, -0.2) is 58.2 Å². The highest BCUT2D eigenvalue weighted by atomic mass is 32.2. The monoisotopic (exact) mass is 500 g/mol. The van der Waals surface area contributed by atoms with E-state index in [-0.39, 0.29) is 11.5 Å². The van der Waals surface area contributed by atoms with Crippen LogP contribution in [0.5, 0.6) is 0 Å². The molecule has 1 aliphatic rings. The molecule has 1 atom stereocenters. The van der Waals surface area contributed by atoms with Gasteiger partial charge in [-0.3, -0.25) is 14.9 Å². The second kappa shape index (κ2) is 12.6. The highest BCUT2D eigenvalue weighted by Crippen LogP contribution is 2.21. The van der Waals surface area contributed by atoms with Gasteiger partial charge in [0.25, 0.3) is 0 Å². The Kier molecular flexibility index (Phi) is 10.2. The first-order valence-corrected chi connectivity index (χ1v) is 13.1. The number of amides is 1. The maximum Gasteiger partial charge on any atom is 0.410 e. The van der Waals surface area contributed by atoms with Crippen molar-refractivity contribution >= 4 is 39.7 Å². The molecule has 1 aliphatic heterocycles. The molecule has 1 saturated heterocycles. The van der Waals surface area contributed by atoms with Crippen molar-refractivity contribution in [2.75, 3.05) is 37.3 Å². The van der Waals surface area contributed by atoms with Gasteiger partial charge in [-0.15, -0.1) is 0 Å². The number of aromatic nitrogens is 1. The summed E-state index contributed by atoms with van der Waals surface area (Å²) in [6, 6.07) is 5.79. The van der Waals surface area contributed by atoms with Gasteiger partial charge in [-0.2, -0.15) is 0 Å². The van der Waals surface area contributed by atoms with Crippen LogP contribution in [-0.2, 0) is 22.1 Å². The third kappa shape index (κ3) is 8.29. The topological polar surface area (TPSA) is 106 Å². The van der Waals surface area contributed by atoms with Crippen molar-refractivity contribution in [3.05, 3.63) is 64.5 Å². The first kappa shape index (κ1) is 28.2. The molecule has 0 spiro atoms. The van der Waals surface area contributed by atoms with Gasteiger partial charge in [-0.25, -0.2) is 9.00 Å². The van der Waals surface area contributed by atoms with Crippen LogP contribution in [0.15, 0.2) is 47.9 Å². The molecule has 0 radical (unpaired) electrons. The van der Waals surface area contributed by atoms with Gasteiger partial charge in [0.2, 0.25) is 0 Å². The summed E-state index contributed by atoms with van der Waals surface area (Å²) in [5, 5.41) is 5.18. The van der Waals surface area contributed by atoms with Gasteiger partial charge in [-0.05, 0) is 44.9 Å². The van der Waals surface area contributed by atoms with Crippen LogP contribution in [0.1, 0.15) is 38.8 Å². The smallest absolute Gasteiger partial charge is 0.410 e. The molecule has 8 nitrogen and oxygen atoms in total. The quantitative estimate of drug-likeness (QED) is 0.643. The Labute approximate surface area is 210 Å². The van der Waals surface area contributed by atoms with Crippen molar-refractivity contribution in [2.45, 2.75) is 39.7 Å². The van der Waals surface area contributed by atoms with Gasteiger partial charge in [0.1, 0.15) is 5.60 Å². The summed E-state index contributed by atoms with van der Waals surface area (Å²) in [7, 11) is -1.11. The number of carbonyl (C=O) groups is 1. The number of pyridine rings is 1. The fourth-order valence-electron chi connectivity index (χ4n) is 3.64. The van der Waals surface area contributed by atoms with Gasteiger partial charge in [0, 0.05) is 38.0 Å². The predicted octanol–water partition coefficient (Wildman–Crippen LogP) is 3.65. The minimum Gasteiger partial charge on any atom is -0.444 e. The van der Waals surface area contributed by atoms with Crippen LogP contribution < -0.4 is 15.5 Å². The molecular weight excluding hydrogens is 464 g/mol. The van der Waals surface area contributed by atoms with Crippen LogP contribution in [0, 0.1) is 0 Å². The number of carbonyl (C=O) groups excluding carboxylic acids is 1. The molecule has 9 heteroatoms. The summed E-state index contributed by atoms with van der Waals surface area (Å²) in [6.07, 6.45) is 8.96. The van der Waals surface area contributed by atoms with Crippen molar-refractivity contribution < 1.29 is 13.7 Å². The summed E-state index contributed by atoms with van der Waals surface area (Å²) in [6.45, 7) is 13.8. The van der Waals surface area contributed by atoms with Crippen LogP contribution in [0.4, 0.5) is 10.5 Å². The first-order chi connectivity index (χ1) is 16.5. The van der Waals surface area contributed by atoms with Gasteiger partial charge in [0.05, 0.1) is 33.8 Å². The summed E-state index contributed by atoms with van der Waals surface area (Å²) >= 11 is 0. The van der Waals surface area contributed by atoms with Crippen molar-refractivity contribution in [1.82, 2.24) is 9.88 Å². The van der Waals surface area contributed by atoms with Crippen molar-refractivity contribution in [1.29, 1.82) is 0 Å². The molecule has 1 fully saturated rings. The van der Waals surface area contributed by atoms with Crippen LogP contribution in [0.25, 0.3) is 17.0 Å². The van der Waals surface area contributed by atoms with Crippen LogP contribution in [0.2, 0.25) is 0 Å². The van der Waals surface area contributed by atoms with Gasteiger partial charge in [-0.1, -0.05) is 37.8 Å². The molecule has 190 valence electrons. The Balaban J connectivity index is 0.00000100. The number of nitrogens with zero attached hydrogens (tertiary/aromatic N) is 3. The zero-order valence-electron chi connectivity index (χ0n) is 21.2. The third-order valence-corrected chi connectivity index (χ3v) is 5.26. The Hall–Kier alpha value is -3.04. The van der Waals surface area contributed by atoms with E-state index in [1.807, 2.05) is 52.0 Å². The molecule has 0 bridgehead atoms. The van der Waals surface area contributed by atoms with Crippen molar-refractivity contribution in [3.8, 4) is 0 Å². The summed E-state index contributed by atoms with van der Waals surface area (Å²) in [5.41, 5.74) is 2.67. The lowest BCUT2D eigenvalue weighted by Crippen LogP contribution is -2.50. The Morgan fingerprint density at radius 1 is 1.26 bits per heavy atom. The number of hydrogen-bond donors (Lipinski definition) is 1. The number of aryl methyl sites for hydroxylation is 1. The van der Waals surface area contributed by atoms with Crippen molar-refractivity contribution in [2.24, 2.45) is 5.14 Å². The Morgan fingerprint density at radius 2 is 1.89 bits per heavy atom. The molecular formula is C26H36N4O4S. The van der Waals surface area contributed by atoms with E-state index in [9.17, 15) is 13.8 Å². The summed E-state index contributed by atoms with van der Waals surface area (Å²) in [4.78, 5) is 34.1. The van der Waals surface area contributed by atoms with Crippen molar-refractivity contribution in [3.63, 3.8) is 0 Å². The highest BCUT2D eigenvalue weighted by Gasteiger charge is 2.26. The van der Waals surface area contributed by atoms with E-state index in [0.29, 0.717) is 42.6 Å². The number of anilines is 1. The average Bonchev–Trinajstić information content (AvgIpc) is 2.92. The largest absolute Gasteiger partial charge is 0.444 e. The maximum absolute atomic E-state index is 13.3. The fourth-order valence-corrected chi connectivity index (χ4v) is 3.64. The molecule has 1 unspecified atom stereocenters. The van der Waals surface area contributed by atoms with Gasteiger partial charge >= 0.3 is 6.09 Å². The van der Waals surface area contributed by atoms with E-state index in [1.54, 1.807) is 23.2 Å². The zero-order chi connectivity index (χ0) is 26.2. The second-order valence-corrected chi connectivity index (χ2v) is 10.1. The second-order valence-electron chi connectivity index (χ2n) is 9.13. The lowest BCUT2D eigenvalue weighted by molar-refractivity contribution is 0.0240. The zero-order valence-corrected chi connectivity index (χ0v) is 22.1. The molecule has 35 heavy (non-hydrogen) atoms. The van der Waals surface area contributed by atoms with E-state index in [4.69, 9.17) is 4.74 Å². The number of rotatable bonds is 4. The third-order valence-electron chi connectivity index (χ3n) is 5.26. The lowest BCUT2D eigenvalue weighted by Gasteiger charge is -2.36. The SMILES string of the molecule is C=C/C=C\c1c(CC)ccc2ncc(N3CCN(C(=O)OC(C)(C)C)CC3)cc2c1=O.CS(N)=O. The molecule has 3 rings (SSSR count). The molecule has 2 N–H and O–H groups in total. The molecule has 2 heterocycles. The molecule has 1 aromatic heterocycles. The maximum atomic E-state index is 13.3. The van der Waals surface area contributed by atoms with E-state index >= 15 is 0 Å². The van der Waals surface area contributed by atoms with E-state index in [2.05, 4.69) is 21.6 Å². The Morgan fingerprint density at radius 3 is 2.43 bits per heavy atom. The molecule has 2 aromatic rings. The summed E-state index contributed by atoms with van der Waals surface area (Å²) < 4.78 is 14.8. The number of hydrogen-bond acceptors (Lipinski definition) is 6. The average molecular weight is 501 g/mol. The lowest BCUT2D eigenvalue weighted by atomic mass is 10.1. The molecule has 0 saturated carbocycles. The molecule has 1 aromatic carbocycles. The van der Waals surface area contributed by atoms with Crippen LogP contribution >= 0.6 is 0 Å². The fraction of sp³-hybridized carbons (Fsp3) is 0.423. The summed E-state index contributed by atoms with van der Waals surface area (Å²) in [5.74, 6) is 0. The number of allylic oxidation sites excluding steroid dienone is 2. The number of nitrogens with two attached hydrogens (primary N) is 1. The normalized spacial score (nSPS) is 14.9. The Bertz CT molecular complexity index is 1160. The molecule has 0 aliphatic carbocycles. The number of fused-ring (bicyclic) bond motifs is 1. The number of ether oxygens (including phenoxy) is 1. The standard InChI is InChI=1S/C25H31N3O3.CH5NOS/c1-6-8-9-20-18(7-2)10-11-22-21(23(20)29)16-19(17-26-22)27-12-14-28(15-13-27)24(30)31-25(3,4)5;1-4(2)3/h6,8-11,16-17H,1,7,12-15H2,2-5H3;2H2,1H3/b9-8-;. The molecule has 1 amide bonds. The minimum atomic E-state index is -1.11. The van der Waals surface area contributed by atoms with Gasteiger partial charge < -0.3 is 14.5 Å². The van der Waals surface area contributed by atoms with E-state index in [0.717, 1.165) is 17.7 Å². The van der Waals surface area contributed by atoms with E-state index in [1.165, 1.54) is 6.26 Å². The van der Waals surface area contributed by atoms with E-state index < -0.39 is 16.6 Å². The van der Waals surface area contributed by atoms with Gasteiger partial charge in [0.15, 0.2) is 5.43 Å². The minimum absolute atomic E-state index is 0.0308. The highest BCUT2D eigenvalue weighted by molar-refractivity contribution is 7.81. The number of piperazine rings is 1. The predicted molar refractivity (Wildman–Crippen MR) is 145 cm³/mol.